The van der Waals surface area contributed by atoms with Crippen LogP contribution in [0.25, 0.3) is 11.0 Å². The first kappa shape index (κ1) is 11.5. The van der Waals surface area contributed by atoms with Crippen molar-refractivity contribution in [2.75, 3.05) is 18.1 Å². The molecule has 4 nitrogen and oxygen atoms in total. The van der Waals surface area contributed by atoms with E-state index in [0.717, 1.165) is 36.2 Å². The van der Waals surface area contributed by atoms with E-state index >= 15 is 0 Å². The van der Waals surface area contributed by atoms with Gasteiger partial charge in [0, 0.05) is 25.4 Å². The number of rotatable bonds is 3. The average Bonchev–Trinajstić information content (AvgIpc) is 2.88. The average molecular weight is 246 g/mol. The van der Waals surface area contributed by atoms with Crippen LogP contribution < -0.4 is 4.90 Å². The third kappa shape index (κ3) is 1.97. The molecule has 2 aromatic rings. The summed E-state index contributed by atoms with van der Waals surface area (Å²) in [5.74, 6) is 0.999. The molecule has 1 N–H and O–H groups in total. The van der Waals surface area contributed by atoms with Crippen molar-refractivity contribution < 1.29 is 9.52 Å². The maximum atomic E-state index is 9.19. The molecule has 1 saturated heterocycles. The molecule has 0 bridgehead atoms. The number of hydrogen-bond acceptors (Lipinski definition) is 4. The van der Waals surface area contributed by atoms with E-state index in [-0.39, 0.29) is 6.61 Å². The maximum absolute atomic E-state index is 9.19. The number of piperidine rings is 1. The van der Waals surface area contributed by atoms with Gasteiger partial charge in [0.05, 0.1) is 11.6 Å². The lowest BCUT2D eigenvalue weighted by molar-refractivity contribution is 0.262. The molecular formula is C14H18N2O2. The summed E-state index contributed by atoms with van der Waals surface area (Å²) in [6, 6.07) is 4.27. The number of anilines is 1. The van der Waals surface area contributed by atoms with Gasteiger partial charge in [-0.25, -0.2) is 4.98 Å². The molecule has 0 spiro atoms. The molecule has 96 valence electrons. The Morgan fingerprint density at radius 2 is 2.33 bits per heavy atom. The minimum atomic E-state index is 0.239. The smallest absolute Gasteiger partial charge is 0.139 e. The summed E-state index contributed by atoms with van der Waals surface area (Å²) in [6.07, 6.45) is 7.89. The lowest BCUT2D eigenvalue weighted by Crippen LogP contribution is -2.40. The van der Waals surface area contributed by atoms with Gasteiger partial charge in [0.2, 0.25) is 0 Å². The summed E-state index contributed by atoms with van der Waals surface area (Å²) >= 11 is 0. The van der Waals surface area contributed by atoms with Crippen molar-refractivity contribution in [3.8, 4) is 0 Å². The van der Waals surface area contributed by atoms with Crippen molar-refractivity contribution in [1.29, 1.82) is 0 Å². The van der Waals surface area contributed by atoms with Gasteiger partial charge in [0.15, 0.2) is 0 Å². The summed E-state index contributed by atoms with van der Waals surface area (Å²) in [5, 5.41) is 10.3. The molecule has 0 saturated carbocycles. The van der Waals surface area contributed by atoms with Crippen LogP contribution in [0, 0.1) is 0 Å². The number of hydrogen-bond donors (Lipinski definition) is 1. The second-order valence-corrected chi connectivity index (χ2v) is 4.82. The Kier molecular flexibility index (Phi) is 3.19. The van der Waals surface area contributed by atoms with E-state index in [4.69, 9.17) is 4.42 Å². The molecule has 4 heteroatoms. The minimum absolute atomic E-state index is 0.239. The molecule has 1 unspecified atom stereocenters. The lowest BCUT2D eigenvalue weighted by Gasteiger charge is -2.36. The lowest BCUT2D eigenvalue weighted by atomic mass is 9.99. The van der Waals surface area contributed by atoms with Gasteiger partial charge < -0.3 is 14.4 Å². The Balaban J connectivity index is 1.98. The normalized spacial score (nSPS) is 20.5. The van der Waals surface area contributed by atoms with Crippen molar-refractivity contribution in [1.82, 2.24) is 4.98 Å². The van der Waals surface area contributed by atoms with Gasteiger partial charge in [-0.3, -0.25) is 0 Å². The molecule has 0 aromatic carbocycles. The second-order valence-electron chi connectivity index (χ2n) is 4.82. The molecule has 0 amide bonds. The number of aliphatic hydroxyl groups is 1. The molecule has 1 fully saturated rings. The molecule has 18 heavy (non-hydrogen) atoms. The molecule has 0 radical (unpaired) electrons. The predicted octanol–water partition coefficient (Wildman–Crippen LogP) is 2.57. The predicted molar refractivity (Wildman–Crippen MR) is 70.7 cm³/mol. The van der Waals surface area contributed by atoms with E-state index in [0.29, 0.717) is 6.04 Å². The molecule has 2 aromatic heterocycles. The summed E-state index contributed by atoms with van der Waals surface area (Å²) in [4.78, 5) is 6.85. The zero-order valence-corrected chi connectivity index (χ0v) is 10.4. The third-order valence-electron chi connectivity index (χ3n) is 3.72. The van der Waals surface area contributed by atoms with Gasteiger partial charge in [0.1, 0.15) is 11.4 Å². The Labute approximate surface area is 106 Å². The minimum Gasteiger partial charge on any atom is -0.464 e. The molecule has 1 atom stereocenters. The topological polar surface area (TPSA) is 49.5 Å². The van der Waals surface area contributed by atoms with Crippen LogP contribution in [-0.4, -0.2) is 29.3 Å². The Bertz CT molecular complexity index is 521. The van der Waals surface area contributed by atoms with Gasteiger partial charge in [-0.05, 0) is 37.8 Å². The van der Waals surface area contributed by atoms with Crippen LogP contribution in [0.2, 0.25) is 0 Å². The van der Waals surface area contributed by atoms with Gasteiger partial charge in [-0.1, -0.05) is 0 Å². The maximum Gasteiger partial charge on any atom is 0.139 e. The van der Waals surface area contributed by atoms with Gasteiger partial charge in [-0.15, -0.1) is 0 Å². The van der Waals surface area contributed by atoms with Crippen LogP contribution in [0.15, 0.2) is 29.0 Å². The monoisotopic (exact) mass is 246 g/mol. The van der Waals surface area contributed by atoms with Crippen LogP contribution >= 0.6 is 0 Å². The van der Waals surface area contributed by atoms with E-state index in [1.807, 2.05) is 12.1 Å². The van der Waals surface area contributed by atoms with Crippen LogP contribution in [0.1, 0.15) is 25.7 Å². The number of fused-ring (bicyclic) bond motifs is 1. The summed E-state index contributed by atoms with van der Waals surface area (Å²) in [7, 11) is 0. The van der Waals surface area contributed by atoms with E-state index < -0.39 is 0 Å². The fourth-order valence-electron chi connectivity index (χ4n) is 2.84. The second kappa shape index (κ2) is 4.98. The molecular weight excluding hydrogens is 228 g/mol. The van der Waals surface area contributed by atoms with Crippen LogP contribution in [0.5, 0.6) is 0 Å². The van der Waals surface area contributed by atoms with Crippen LogP contribution in [0.4, 0.5) is 5.82 Å². The zero-order chi connectivity index (χ0) is 12.4. The Morgan fingerprint density at radius 1 is 1.39 bits per heavy atom. The van der Waals surface area contributed by atoms with Crippen molar-refractivity contribution >= 4 is 16.8 Å². The van der Waals surface area contributed by atoms with Crippen LogP contribution in [0.3, 0.4) is 0 Å². The fraction of sp³-hybridized carbons (Fsp3) is 0.500. The SMILES string of the molecule is OCCC1CCCCN1c1nccc2occc12. The highest BCUT2D eigenvalue weighted by Crippen LogP contribution is 2.31. The van der Waals surface area contributed by atoms with Gasteiger partial charge in [0.25, 0.3) is 0 Å². The van der Waals surface area contributed by atoms with E-state index in [1.54, 1.807) is 12.5 Å². The first-order valence-electron chi connectivity index (χ1n) is 6.60. The number of furan rings is 1. The first-order chi connectivity index (χ1) is 8.90. The standard InChI is InChI=1S/C14H18N2O2/c17-9-5-11-3-1-2-8-16(11)14-12-6-10-18-13(12)4-7-15-14/h4,6-7,10-11,17H,1-3,5,8-9H2. The van der Waals surface area contributed by atoms with Crippen molar-refractivity contribution in [2.24, 2.45) is 0 Å². The molecule has 3 rings (SSSR count). The zero-order valence-electron chi connectivity index (χ0n) is 10.4. The molecule has 3 heterocycles. The number of aromatic nitrogens is 1. The van der Waals surface area contributed by atoms with E-state index in [1.165, 1.54) is 12.8 Å². The number of aliphatic hydroxyl groups excluding tert-OH is 1. The largest absolute Gasteiger partial charge is 0.464 e. The molecule has 1 aliphatic heterocycles. The third-order valence-corrected chi connectivity index (χ3v) is 3.72. The summed E-state index contributed by atoms with van der Waals surface area (Å²) < 4.78 is 5.43. The molecule has 1 aliphatic rings. The van der Waals surface area contributed by atoms with Gasteiger partial charge in [-0.2, -0.15) is 0 Å². The van der Waals surface area contributed by atoms with Gasteiger partial charge >= 0.3 is 0 Å². The Hall–Kier alpha value is -1.55. The molecule has 0 aliphatic carbocycles. The quantitative estimate of drug-likeness (QED) is 0.904. The first-order valence-corrected chi connectivity index (χ1v) is 6.60. The van der Waals surface area contributed by atoms with E-state index in [2.05, 4.69) is 9.88 Å². The van der Waals surface area contributed by atoms with Crippen molar-refractivity contribution in [3.05, 3.63) is 24.6 Å². The fourth-order valence-corrected chi connectivity index (χ4v) is 2.84. The van der Waals surface area contributed by atoms with Crippen LogP contribution in [-0.2, 0) is 0 Å². The number of pyridine rings is 1. The number of nitrogens with zero attached hydrogens (tertiary/aromatic N) is 2. The summed E-state index contributed by atoms with van der Waals surface area (Å²) in [5.41, 5.74) is 0.883. The highest BCUT2D eigenvalue weighted by Gasteiger charge is 2.24. The van der Waals surface area contributed by atoms with Crippen molar-refractivity contribution in [3.63, 3.8) is 0 Å². The Morgan fingerprint density at radius 3 is 3.22 bits per heavy atom. The van der Waals surface area contributed by atoms with Crippen molar-refractivity contribution in [2.45, 2.75) is 31.7 Å². The highest BCUT2D eigenvalue weighted by molar-refractivity contribution is 5.88. The van der Waals surface area contributed by atoms with E-state index in [9.17, 15) is 5.11 Å². The highest BCUT2D eigenvalue weighted by atomic mass is 16.3. The summed E-state index contributed by atoms with van der Waals surface area (Å²) in [6.45, 7) is 1.25.